The van der Waals surface area contributed by atoms with Crippen LogP contribution in [-0.2, 0) is 22.9 Å². The van der Waals surface area contributed by atoms with Crippen LogP contribution in [0.5, 0.6) is 0 Å². The molecule has 1 amide bonds. The Kier molecular flexibility index (Phi) is 5.25. The molecule has 1 aliphatic heterocycles. The fourth-order valence-corrected chi connectivity index (χ4v) is 5.83. The van der Waals surface area contributed by atoms with Crippen molar-refractivity contribution in [3.63, 3.8) is 0 Å². The molecule has 2 N–H and O–H groups in total. The number of carbonyl (C=O) groups excluding carboxylic acids is 1. The molecule has 0 saturated heterocycles. The summed E-state index contributed by atoms with van der Waals surface area (Å²) in [5.41, 5.74) is 1.73. The summed E-state index contributed by atoms with van der Waals surface area (Å²) in [5, 5.41) is 2.83. The lowest BCUT2D eigenvalue weighted by atomic mass is 9.90. The molecule has 0 unspecified atom stereocenters. The number of rotatable bonds is 4. The number of nitrogens with zero attached hydrogens (tertiary/aromatic N) is 1. The highest BCUT2D eigenvalue weighted by Crippen LogP contribution is 2.32. The van der Waals surface area contributed by atoms with Crippen LogP contribution in [-0.4, -0.2) is 26.7 Å². The second kappa shape index (κ2) is 7.67. The van der Waals surface area contributed by atoms with Gasteiger partial charge in [0, 0.05) is 23.5 Å². The molecule has 148 valence electrons. The summed E-state index contributed by atoms with van der Waals surface area (Å²) in [6, 6.07) is 8.29. The molecule has 4 rings (SSSR count). The number of amides is 1. The van der Waals surface area contributed by atoms with Crippen LogP contribution >= 0.6 is 11.3 Å². The van der Waals surface area contributed by atoms with E-state index in [-0.39, 0.29) is 10.8 Å². The molecule has 0 saturated carbocycles. The molecule has 28 heavy (non-hydrogen) atoms. The molecule has 0 fully saturated rings. The summed E-state index contributed by atoms with van der Waals surface area (Å²) >= 11 is 1.54. The zero-order valence-corrected chi connectivity index (χ0v) is 17.3. The van der Waals surface area contributed by atoms with E-state index in [0.29, 0.717) is 35.3 Å². The predicted molar refractivity (Wildman–Crippen MR) is 112 cm³/mol. The van der Waals surface area contributed by atoms with Gasteiger partial charge in [-0.25, -0.2) is 8.42 Å². The first kappa shape index (κ1) is 19.1. The van der Waals surface area contributed by atoms with Gasteiger partial charge < -0.3 is 5.32 Å². The van der Waals surface area contributed by atoms with E-state index in [1.54, 1.807) is 12.1 Å². The van der Waals surface area contributed by atoms with Crippen LogP contribution in [0.3, 0.4) is 0 Å². The Labute approximate surface area is 169 Å². The molecule has 0 spiro atoms. The summed E-state index contributed by atoms with van der Waals surface area (Å²) in [6.07, 6.45) is 4.70. The van der Waals surface area contributed by atoms with Crippen molar-refractivity contribution in [2.75, 3.05) is 11.9 Å². The maximum absolute atomic E-state index is 12.7. The maximum atomic E-state index is 12.7. The smallest absolute Gasteiger partial charge is 0.265 e. The minimum absolute atomic E-state index is 0.110. The second-order valence-corrected chi connectivity index (χ2v) is 10.2. The minimum atomic E-state index is -3.70. The number of aliphatic imine (C=N–C) groups is 1. The van der Waals surface area contributed by atoms with E-state index in [0.717, 1.165) is 25.7 Å². The quantitative estimate of drug-likeness (QED) is 0.797. The van der Waals surface area contributed by atoms with Crippen molar-refractivity contribution in [2.24, 2.45) is 10.9 Å². The first-order valence-corrected chi connectivity index (χ1v) is 11.8. The first-order chi connectivity index (χ1) is 13.4. The largest absolute Gasteiger partial charge is 0.321 e. The monoisotopic (exact) mass is 417 g/mol. The molecule has 1 atom stereocenters. The third-order valence-corrected chi connectivity index (χ3v) is 7.70. The van der Waals surface area contributed by atoms with Crippen molar-refractivity contribution in [1.29, 1.82) is 0 Å². The van der Waals surface area contributed by atoms with Crippen LogP contribution in [0.2, 0.25) is 0 Å². The lowest BCUT2D eigenvalue weighted by Crippen LogP contribution is -2.29. The molecular weight excluding hydrogens is 394 g/mol. The zero-order chi connectivity index (χ0) is 19.7. The number of hydrogen-bond acceptors (Lipinski definition) is 5. The van der Waals surface area contributed by atoms with E-state index < -0.39 is 10.0 Å². The standard InChI is InChI=1S/C20H23N3O3S2/c1-13-7-8-17-14(10-13)11-18(27-17)20(24)22-15-4-2-5-16(12-15)28(25,26)23-19-6-3-9-21-19/h2,4-5,11-13H,3,6-10H2,1H3,(H,21,23)(H,22,24)/t13-/m1/s1. The molecule has 6 nitrogen and oxygen atoms in total. The number of aryl methyl sites for hydroxylation is 1. The van der Waals surface area contributed by atoms with Crippen LogP contribution in [0.1, 0.15) is 46.3 Å². The maximum Gasteiger partial charge on any atom is 0.265 e. The SMILES string of the molecule is C[C@@H]1CCc2sc(C(=O)Nc3cccc(S(=O)(=O)NC4=NCCC4)c3)cc2C1. The number of amidine groups is 1. The van der Waals surface area contributed by atoms with Crippen molar-refractivity contribution in [1.82, 2.24) is 4.72 Å². The molecule has 1 aromatic carbocycles. The highest BCUT2D eigenvalue weighted by atomic mass is 32.2. The highest BCUT2D eigenvalue weighted by molar-refractivity contribution is 7.90. The predicted octanol–water partition coefficient (Wildman–Crippen LogP) is 3.60. The molecular formula is C20H23N3O3S2. The van der Waals surface area contributed by atoms with E-state index in [1.807, 2.05) is 6.07 Å². The van der Waals surface area contributed by atoms with Crippen LogP contribution in [0.15, 0.2) is 40.2 Å². The summed E-state index contributed by atoms with van der Waals surface area (Å²) in [6.45, 7) is 2.88. The van der Waals surface area contributed by atoms with E-state index in [9.17, 15) is 13.2 Å². The van der Waals surface area contributed by atoms with Crippen LogP contribution < -0.4 is 10.0 Å². The Morgan fingerprint density at radius 3 is 2.89 bits per heavy atom. The Hall–Kier alpha value is -2.19. The van der Waals surface area contributed by atoms with Gasteiger partial charge in [-0.1, -0.05) is 13.0 Å². The molecule has 0 radical (unpaired) electrons. The van der Waals surface area contributed by atoms with Gasteiger partial charge >= 0.3 is 0 Å². The third kappa shape index (κ3) is 4.12. The number of sulfonamides is 1. The number of thiophene rings is 1. The fourth-order valence-electron chi connectivity index (χ4n) is 3.59. The van der Waals surface area contributed by atoms with E-state index >= 15 is 0 Å². The Morgan fingerprint density at radius 2 is 2.11 bits per heavy atom. The van der Waals surface area contributed by atoms with Crippen LogP contribution in [0, 0.1) is 5.92 Å². The van der Waals surface area contributed by atoms with E-state index in [2.05, 4.69) is 22.0 Å². The third-order valence-electron chi connectivity index (χ3n) is 5.08. The lowest BCUT2D eigenvalue weighted by molar-refractivity contribution is 0.103. The van der Waals surface area contributed by atoms with Gasteiger partial charge in [0.1, 0.15) is 5.84 Å². The number of benzene rings is 1. The molecule has 1 aromatic heterocycles. The molecule has 0 bridgehead atoms. The van der Waals surface area contributed by atoms with Gasteiger partial charge in [0.15, 0.2) is 0 Å². The number of fused-ring (bicyclic) bond motifs is 1. The number of anilines is 1. The average molecular weight is 418 g/mol. The zero-order valence-electron chi connectivity index (χ0n) is 15.7. The average Bonchev–Trinajstić information content (AvgIpc) is 3.30. The number of hydrogen-bond donors (Lipinski definition) is 2. The van der Waals surface area contributed by atoms with Gasteiger partial charge in [-0.2, -0.15) is 0 Å². The Bertz CT molecular complexity index is 1040. The van der Waals surface area contributed by atoms with Gasteiger partial charge in [-0.15, -0.1) is 11.3 Å². The topological polar surface area (TPSA) is 87.6 Å². The molecule has 2 aliphatic rings. The minimum Gasteiger partial charge on any atom is -0.321 e. The van der Waals surface area contributed by atoms with Crippen molar-refractivity contribution < 1.29 is 13.2 Å². The van der Waals surface area contributed by atoms with Crippen molar-refractivity contribution in [3.05, 3.63) is 45.6 Å². The molecule has 2 aromatic rings. The lowest BCUT2D eigenvalue weighted by Gasteiger charge is -2.16. The van der Waals surface area contributed by atoms with E-state index in [1.165, 1.54) is 33.9 Å². The van der Waals surface area contributed by atoms with Gasteiger partial charge in [0.2, 0.25) is 0 Å². The fraction of sp³-hybridized carbons (Fsp3) is 0.400. The van der Waals surface area contributed by atoms with Gasteiger partial charge in [0.05, 0.1) is 9.77 Å². The van der Waals surface area contributed by atoms with Crippen molar-refractivity contribution in [3.8, 4) is 0 Å². The van der Waals surface area contributed by atoms with Crippen molar-refractivity contribution in [2.45, 2.75) is 43.9 Å². The summed E-state index contributed by atoms with van der Waals surface area (Å²) in [4.78, 5) is 18.9. The van der Waals surface area contributed by atoms with Gasteiger partial charge in [0.25, 0.3) is 15.9 Å². The molecule has 2 heterocycles. The number of nitrogens with one attached hydrogen (secondary N) is 2. The van der Waals surface area contributed by atoms with Gasteiger partial charge in [-0.05, 0) is 61.4 Å². The highest BCUT2D eigenvalue weighted by Gasteiger charge is 2.22. The van der Waals surface area contributed by atoms with Crippen molar-refractivity contribution >= 4 is 38.8 Å². The Balaban J connectivity index is 1.49. The Morgan fingerprint density at radius 1 is 1.25 bits per heavy atom. The second-order valence-electron chi connectivity index (χ2n) is 7.43. The van der Waals surface area contributed by atoms with Crippen LogP contribution in [0.25, 0.3) is 0 Å². The number of carbonyl (C=O) groups is 1. The normalized spacial score (nSPS) is 19.0. The van der Waals surface area contributed by atoms with E-state index in [4.69, 9.17) is 0 Å². The first-order valence-electron chi connectivity index (χ1n) is 9.50. The molecule has 1 aliphatic carbocycles. The summed E-state index contributed by atoms with van der Waals surface area (Å²) < 4.78 is 27.6. The van der Waals surface area contributed by atoms with Gasteiger partial charge in [-0.3, -0.25) is 14.5 Å². The molecule has 8 heteroatoms. The summed E-state index contributed by atoms with van der Waals surface area (Å²) in [7, 11) is -3.70. The van der Waals surface area contributed by atoms with Crippen LogP contribution in [0.4, 0.5) is 5.69 Å². The summed E-state index contributed by atoms with van der Waals surface area (Å²) in [5.74, 6) is 0.944.